The molecular formula is C16H16ClN3O3. The highest BCUT2D eigenvalue weighted by Crippen LogP contribution is 2.37. The van der Waals surface area contributed by atoms with Gasteiger partial charge in [0.15, 0.2) is 5.89 Å². The lowest BCUT2D eigenvalue weighted by Gasteiger charge is -2.25. The average molecular weight is 334 g/mol. The van der Waals surface area contributed by atoms with Gasteiger partial charge < -0.3 is 14.3 Å². The number of hydrogen-bond acceptors (Lipinski definition) is 4. The highest BCUT2D eigenvalue weighted by Gasteiger charge is 2.30. The summed E-state index contributed by atoms with van der Waals surface area (Å²) in [5, 5.41) is 0.0160. The zero-order valence-electron chi connectivity index (χ0n) is 12.5. The number of aromatic amines is 1. The van der Waals surface area contributed by atoms with Gasteiger partial charge in [-0.15, -0.1) is 0 Å². The van der Waals surface area contributed by atoms with Crippen LogP contribution in [0.25, 0.3) is 0 Å². The summed E-state index contributed by atoms with van der Waals surface area (Å²) in [4.78, 5) is 32.6. The molecule has 0 radical (unpaired) electrons. The third kappa shape index (κ3) is 2.57. The molecule has 2 aromatic rings. The molecule has 0 aromatic carbocycles. The molecule has 23 heavy (non-hydrogen) atoms. The molecule has 1 amide bonds. The van der Waals surface area contributed by atoms with Crippen LogP contribution in [0.2, 0.25) is 5.02 Å². The summed E-state index contributed by atoms with van der Waals surface area (Å²) >= 11 is 5.80. The first-order valence-corrected chi connectivity index (χ1v) is 8.15. The fourth-order valence-electron chi connectivity index (χ4n) is 2.98. The summed E-state index contributed by atoms with van der Waals surface area (Å²) in [6.07, 6.45) is 5.57. The minimum atomic E-state index is -0.397. The number of hydrogen-bond donors (Lipinski definition) is 1. The first-order valence-electron chi connectivity index (χ1n) is 7.78. The van der Waals surface area contributed by atoms with E-state index in [1.807, 2.05) is 0 Å². The molecule has 6 nitrogen and oxygen atoms in total. The minimum absolute atomic E-state index is 0.0160. The fourth-order valence-corrected chi connectivity index (χ4v) is 3.16. The van der Waals surface area contributed by atoms with E-state index in [1.54, 1.807) is 4.90 Å². The van der Waals surface area contributed by atoms with Crippen LogP contribution in [0.15, 0.2) is 21.5 Å². The summed E-state index contributed by atoms with van der Waals surface area (Å²) in [6, 6.07) is 1.40. The minimum Gasteiger partial charge on any atom is -0.445 e. The number of amides is 1. The fraction of sp³-hybridized carbons (Fsp3) is 0.438. The second-order valence-corrected chi connectivity index (χ2v) is 6.50. The predicted molar refractivity (Wildman–Crippen MR) is 83.6 cm³/mol. The Balaban J connectivity index is 1.54. The van der Waals surface area contributed by atoms with Crippen molar-refractivity contribution in [3.63, 3.8) is 0 Å². The lowest BCUT2D eigenvalue weighted by molar-refractivity contribution is 0.0727. The van der Waals surface area contributed by atoms with Gasteiger partial charge >= 0.3 is 0 Å². The molecule has 0 spiro atoms. The van der Waals surface area contributed by atoms with Gasteiger partial charge in [0.25, 0.3) is 11.5 Å². The third-order valence-electron chi connectivity index (χ3n) is 4.59. The van der Waals surface area contributed by atoms with Gasteiger partial charge in [-0.3, -0.25) is 9.59 Å². The number of carbonyl (C=O) groups excluding carboxylic acids is 1. The second kappa shape index (κ2) is 5.53. The standard InChI is InChI=1S/C16H16ClN3O3/c17-11-6-10(7-18-14(11)21)16(22)20-5-4-13-12(8-20)19-15(23-13)9-2-1-3-9/h6-7,9H,1-5,8H2,(H,18,21). The Labute approximate surface area is 137 Å². The van der Waals surface area contributed by atoms with Crippen LogP contribution in [0.3, 0.4) is 0 Å². The Morgan fingerprint density at radius 1 is 1.43 bits per heavy atom. The molecule has 7 heteroatoms. The molecule has 1 saturated carbocycles. The smallest absolute Gasteiger partial charge is 0.266 e. The van der Waals surface area contributed by atoms with Crippen LogP contribution < -0.4 is 5.56 Å². The van der Waals surface area contributed by atoms with E-state index in [-0.39, 0.29) is 10.9 Å². The molecule has 3 heterocycles. The van der Waals surface area contributed by atoms with Gasteiger partial charge in [-0.1, -0.05) is 18.0 Å². The van der Waals surface area contributed by atoms with E-state index in [2.05, 4.69) is 9.97 Å². The lowest BCUT2D eigenvalue weighted by Crippen LogP contribution is -2.36. The van der Waals surface area contributed by atoms with Gasteiger partial charge in [0, 0.05) is 25.1 Å². The van der Waals surface area contributed by atoms with Crippen LogP contribution >= 0.6 is 11.6 Å². The molecule has 1 aliphatic carbocycles. The summed E-state index contributed by atoms with van der Waals surface area (Å²) in [5.74, 6) is 2.00. The topological polar surface area (TPSA) is 79.2 Å². The number of rotatable bonds is 2. The van der Waals surface area contributed by atoms with Gasteiger partial charge in [-0.25, -0.2) is 4.98 Å². The SMILES string of the molecule is O=C(c1c[nH]c(=O)c(Cl)c1)N1CCc2oc(C3CCC3)nc2C1. The van der Waals surface area contributed by atoms with Gasteiger partial charge in [-0.2, -0.15) is 0 Å². The van der Waals surface area contributed by atoms with E-state index < -0.39 is 5.56 Å². The molecule has 2 aromatic heterocycles. The van der Waals surface area contributed by atoms with Crippen molar-refractivity contribution in [2.45, 2.75) is 38.1 Å². The summed E-state index contributed by atoms with van der Waals surface area (Å²) in [5.41, 5.74) is 0.827. The van der Waals surface area contributed by atoms with Crippen LogP contribution in [0.1, 0.15) is 52.9 Å². The molecule has 1 aliphatic heterocycles. The van der Waals surface area contributed by atoms with E-state index in [0.717, 1.165) is 30.2 Å². The van der Waals surface area contributed by atoms with Gasteiger partial charge in [0.05, 0.1) is 12.1 Å². The highest BCUT2D eigenvalue weighted by atomic mass is 35.5. The number of nitrogens with one attached hydrogen (secondary N) is 1. The van der Waals surface area contributed by atoms with Crippen LogP contribution in [0.5, 0.6) is 0 Å². The summed E-state index contributed by atoms with van der Waals surface area (Å²) in [6.45, 7) is 1.00. The number of H-pyrrole nitrogens is 1. The summed E-state index contributed by atoms with van der Waals surface area (Å²) < 4.78 is 5.86. The molecule has 0 atom stereocenters. The number of carbonyl (C=O) groups is 1. The number of oxazole rings is 1. The monoisotopic (exact) mass is 333 g/mol. The lowest BCUT2D eigenvalue weighted by atomic mass is 9.85. The van der Waals surface area contributed by atoms with Gasteiger partial charge in [-0.05, 0) is 18.9 Å². The van der Waals surface area contributed by atoms with E-state index in [1.165, 1.54) is 18.7 Å². The zero-order chi connectivity index (χ0) is 16.0. The maximum absolute atomic E-state index is 12.6. The van der Waals surface area contributed by atoms with E-state index >= 15 is 0 Å². The van der Waals surface area contributed by atoms with Crippen molar-refractivity contribution < 1.29 is 9.21 Å². The van der Waals surface area contributed by atoms with E-state index in [9.17, 15) is 9.59 Å². The average Bonchev–Trinajstić information content (AvgIpc) is 2.89. The molecule has 0 unspecified atom stereocenters. The van der Waals surface area contributed by atoms with Crippen molar-refractivity contribution in [3.05, 3.63) is 50.5 Å². The maximum atomic E-state index is 12.6. The number of aromatic nitrogens is 2. The molecule has 0 saturated heterocycles. The first-order chi connectivity index (χ1) is 11.1. The first kappa shape index (κ1) is 14.5. The largest absolute Gasteiger partial charge is 0.445 e. The van der Waals surface area contributed by atoms with E-state index in [4.69, 9.17) is 16.0 Å². The van der Waals surface area contributed by atoms with Crippen molar-refractivity contribution in [1.82, 2.24) is 14.9 Å². The van der Waals surface area contributed by atoms with Gasteiger partial charge in [0.1, 0.15) is 16.5 Å². The Hall–Kier alpha value is -2.08. The molecule has 0 bridgehead atoms. The number of nitrogens with zero attached hydrogens (tertiary/aromatic N) is 2. The van der Waals surface area contributed by atoms with Crippen LogP contribution in [-0.4, -0.2) is 27.3 Å². The number of halogens is 1. The molecular weight excluding hydrogens is 318 g/mol. The van der Waals surface area contributed by atoms with Crippen molar-refractivity contribution in [1.29, 1.82) is 0 Å². The molecule has 1 N–H and O–H groups in total. The number of fused-ring (bicyclic) bond motifs is 1. The van der Waals surface area contributed by atoms with Gasteiger partial charge in [0.2, 0.25) is 0 Å². The van der Waals surface area contributed by atoms with Crippen LogP contribution in [0.4, 0.5) is 0 Å². The predicted octanol–water partition coefficient (Wildman–Crippen LogP) is 2.48. The van der Waals surface area contributed by atoms with Crippen molar-refractivity contribution in [2.24, 2.45) is 0 Å². The Bertz CT molecular complexity index is 822. The number of pyridine rings is 1. The Morgan fingerprint density at radius 2 is 2.26 bits per heavy atom. The molecule has 120 valence electrons. The molecule has 4 rings (SSSR count). The zero-order valence-corrected chi connectivity index (χ0v) is 13.2. The molecule has 1 fully saturated rings. The van der Waals surface area contributed by atoms with Crippen molar-refractivity contribution >= 4 is 17.5 Å². The Morgan fingerprint density at radius 3 is 2.96 bits per heavy atom. The Kier molecular flexibility index (Phi) is 3.49. The van der Waals surface area contributed by atoms with Crippen molar-refractivity contribution in [3.8, 4) is 0 Å². The van der Waals surface area contributed by atoms with Crippen LogP contribution in [0, 0.1) is 0 Å². The highest BCUT2D eigenvalue weighted by molar-refractivity contribution is 6.30. The summed E-state index contributed by atoms with van der Waals surface area (Å²) in [7, 11) is 0. The quantitative estimate of drug-likeness (QED) is 0.915. The maximum Gasteiger partial charge on any atom is 0.266 e. The van der Waals surface area contributed by atoms with Crippen LogP contribution in [-0.2, 0) is 13.0 Å². The van der Waals surface area contributed by atoms with Crippen molar-refractivity contribution in [2.75, 3.05) is 6.54 Å². The third-order valence-corrected chi connectivity index (χ3v) is 4.87. The van der Waals surface area contributed by atoms with E-state index in [0.29, 0.717) is 31.0 Å². The second-order valence-electron chi connectivity index (χ2n) is 6.09. The normalized spacial score (nSPS) is 17.7. The molecule has 2 aliphatic rings.